The third-order valence-electron chi connectivity index (χ3n) is 16.7. The maximum absolute atomic E-state index is 15.6. The van der Waals surface area contributed by atoms with Crippen molar-refractivity contribution in [2.75, 3.05) is 61.2 Å². The normalized spacial score (nSPS) is 17.6. The number of hydrogen-bond donors (Lipinski definition) is 2. The van der Waals surface area contributed by atoms with Crippen LogP contribution in [0.5, 0.6) is 5.75 Å². The molecule has 4 aliphatic rings. The second-order valence-corrected chi connectivity index (χ2v) is 32.0. The molecular formula is C63H71F3N10O8SSi. The van der Waals surface area contributed by atoms with E-state index in [4.69, 9.17) is 24.2 Å². The molecule has 11 rings (SSSR count). The Labute approximate surface area is 501 Å². The van der Waals surface area contributed by atoms with Crippen LogP contribution >= 0.6 is 11.3 Å². The molecule has 2 N–H and O–H groups in total. The van der Waals surface area contributed by atoms with Crippen molar-refractivity contribution in [2.45, 2.75) is 116 Å². The highest BCUT2D eigenvalue weighted by molar-refractivity contribution is 7.22. The van der Waals surface area contributed by atoms with Gasteiger partial charge in [-0.2, -0.15) is 18.3 Å². The summed E-state index contributed by atoms with van der Waals surface area (Å²) in [4.78, 5) is 86.5. The molecule has 2 saturated heterocycles. The van der Waals surface area contributed by atoms with Crippen molar-refractivity contribution in [3.63, 3.8) is 0 Å². The first kappa shape index (κ1) is 60.1. The fourth-order valence-corrected chi connectivity index (χ4v) is 13.9. The number of esters is 1. The van der Waals surface area contributed by atoms with Gasteiger partial charge in [-0.1, -0.05) is 55.2 Å². The average Bonchev–Trinajstić information content (AvgIpc) is 1.05. The number of benzene rings is 3. The van der Waals surface area contributed by atoms with Crippen molar-refractivity contribution < 1.29 is 51.4 Å². The Kier molecular flexibility index (Phi) is 16.7. The van der Waals surface area contributed by atoms with Gasteiger partial charge in [-0.05, 0) is 150 Å². The highest BCUT2D eigenvalue weighted by atomic mass is 32.1. The number of carbonyl (C=O) groups is 5. The standard InChI is InChI=1S/C63H71F3N10O8SSi/c1-61(2,3)84-59(81)56-42(17-19-50(70-56)75-26-22-39-21-25-67-55(45(39)34-75)58(80)76(37-82-29-30-86(5,6)7)60-69-46-12-8-9-14-49(46)85-60)41-11-10-13-48(53(41)63(64,65)66)83-36-38-32-62(33-38)23-27-74(28-24-62)35-52(78)68-40-15-16-43-47(31-40)73(4)72-54(43)44-18-20-51(77)71-57(44)79/h8-17,19,21,25,31,38,44H,18,20,22-24,26-30,32-37H2,1-7H3,(H,68,78)(H,71,77,79). The van der Waals surface area contributed by atoms with E-state index in [9.17, 15) is 24.0 Å². The highest BCUT2D eigenvalue weighted by Gasteiger charge is 2.47. The Morgan fingerprint density at radius 3 is 2.42 bits per heavy atom. The molecule has 1 spiro atoms. The number of likely N-dealkylation sites (tertiary alicyclic amines) is 1. The van der Waals surface area contributed by atoms with Gasteiger partial charge in [0.05, 0.1) is 40.5 Å². The first-order valence-electron chi connectivity index (χ1n) is 29.2. The summed E-state index contributed by atoms with van der Waals surface area (Å²) in [5, 5.41) is 11.2. The molecule has 4 aromatic heterocycles. The Balaban J connectivity index is 0.758. The Hall–Kier alpha value is -7.60. The van der Waals surface area contributed by atoms with Crippen LogP contribution in [-0.2, 0) is 50.0 Å². The molecule has 3 aromatic carbocycles. The van der Waals surface area contributed by atoms with Gasteiger partial charge < -0.3 is 24.4 Å². The third kappa shape index (κ3) is 13.2. The van der Waals surface area contributed by atoms with Gasteiger partial charge in [0.25, 0.3) is 5.91 Å². The lowest BCUT2D eigenvalue weighted by atomic mass is 9.58. The summed E-state index contributed by atoms with van der Waals surface area (Å²) < 4.78 is 67.4. The number of aryl methyl sites for hydroxylation is 1. The van der Waals surface area contributed by atoms with Gasteiger partial charge in [0.1, 0.15) is 35.2 Å². The van der Waals surface area contributed by atoms with Crippen molar-refractivity contribution in [1.82, 2.24) is 34.9 Å². The SMILES string of the molecule is Cn1nc(C2CCC(=O)NC2=O)c2ccc(NC(=O)CN3CCC4(CC3)CC(COc3cccc(-c5ccc(N6CCc7ccnc(C(=O)N(COCC[Si](C)(C)C)c8nc9ccccc9s8)c7C6)nc5C(=O)OC(C)(C)C)c3C(F)(F)F)C4)cc21. The van der Waals surface area contributed by atoms with Gasteiger partial charge in [0, 0.05) is 75.2 Å². The molecule has 3 aliphatic heterocycles. The number of carbonyl (C=O) groups excluding carboxylic acids is 5. The van der Waals surface area contributed by atoms with Crippen LogP contribution in [0.1, 0.15) is 109 Å². The predicted octanol–water partition coefficient (Wildman–Crippen LogP) is 11.2. The third-order valence-corrected chi connectivity index (χ3v) is 19.4. The highest BCUT2D eigenvalue weighted by Crippen LogP contribution is 2.53. The van der Waals surface area contributed by atoms with Crippen LogP contribution in [0, 0.1) is 11.3 Å². The zero-order valence-corrected chi connectivity index (χ0v) is 51.3. The molecule has 0 bridgehead atoms. The van der Waals surface area contributed by atoms with E-state index < -0.39 is 43.2 Å². The van der Waals surface area contributed by atoms with Gasteiger partial charge in [-0.25, -0.2) is 14.8 Å². The van der Waals surface area contributed by atoms with Crippen LogP contribution in [-0.4, -0.2) is 119 Å². The number of nitrogens with zero attached hydrogens (tertiary/aromatic N) is 8. The molecule has 3 fully saturated rings. The molecule has 1 aliphatic carbocycles. The van der Waals surface area contributed by atoms with Crippen molar-refractivity contribution >= 4 is 86.8 Å². The summed E-state index contributed by atoms with van der Waals surface area (Å²) in [7, 11) is 0.326. The zero-order valence-electron chi connectivity index (χ0n) is 49.4. The second kappa shape index (κ2) is 23.9. The number of anilines is 3. The van der Waals surface area contributed by atoms with E-state index in [0.29, 0.717) is 67.0 Å². The number of rotatable bonds is 17. The number of halogens is 3. The number of aromatic nitrogens is 5. The smallest absolute Gasteiger partial charge is 0.420 e. The topological polar surface area (TPSA) is 203 Å². The van der Waals surface area contributed by atoms with E-state index in [-0.39, 0.29) is 90.2 Å². The first-order valence-corrected chi connectivity index (χ1v) is 33.8. The molecule has 4 amide bonds. The van der Waals surface area contributed by atoms with Gasteiger partial charge >= 0.3 is 12.1 Å². The molecule has 7 heterocycles. The maximum atomic E-state index is 15.6. The molecule has 7 aromatic rings. The Morgan fingerprint density at radius 2 is 1.69 bits per heavy atom. The molecule has 23 heteroatoms. The van der Waals surface area contributed by atoms with Crippen molar-refractivity contribution in [1.29, 1.82) is 0 Å². The number of pyridine rings is 2. The maximum Gasteiger partial charge on any atom is 0.420 e. The lowest BCUT2D eigenvalue weighted by molar-refractivity contribution is -0.139. The number of amides is 4. The second-order valence-electron chi connectivity index (χ2n) is 25.4. The van der Waals surface area contributed by atoms with Crippen LogP contribution in [0.3, 0.4) is 0 Å². The Morgan fingerprint density at radius 1 is 0.907 bits per heavy atom. The van der Waals surface area contributed by atoms with Crippen LogP contribution in [0.15, 0.2) is 85.1 Å². The molecule has 1 atom stereocenters. The van der Waals surface area contributed by atoms with Gasteiger partial charge in [-0.3, -0.25) is 44.0 Å². The van der Waals surface area contributed by atoms with E-state index in [0.717, 1.165) is 58.4 Å². The monoisotopic (exact) mass is 1210 g/mol. The zero-order chi connectivity index (χ0) is 60.9. The van der Waals surface area contributed by atoms with E-state index in [1.807, 2.05) is 47.4 Å². The van der Waals surface area contributed by atoms with Gasteiger partial charge in [-0.15, -0.1) is 0 Å². The lowest BCUT2D eigenvalue weighted by Gasteiger charge is -2.52. The summed E-state index contributed by atoms with van der Waals surface area (Å²) in [5.41, 5.74) is 1.75. The number of hydrogen-bond acceptors (Lipinski definition) is 15. The summed E-state index contributed by atoms with van der Waals surface area (Å²) in [5.74, 6) is -2.71. The fourth-order valence-electron chi connectivity index (χ4n) is 12.2. The van der Waals surface area contributed by atoms with E-state index in [1.54, 1.807) is 50.8 Å². The summed E-state index contributed by atoms with van der Waals surface area (Å²) in [6, 6.07) is 23.1. The quantitative estimate of drug-likeness (QED) is 0.0286. The minimum atomic E-state index is -4.90. The van der Waals surface area contributed by atoms with Crippen molar-refractivity contribution in [3.8, 4) is 16.9 Å². The molecule has 0 radical (unpaired) electrons. The molecule has 86 heavy (non-hydrogen) atoms. The summed E-state index contributed by atoms with van der Waals surface area (Å²) >= 11 is 1.38. The van der Waals surface area contributed by atoms with E-state index in [2.05, 4.69) is 45.3 Å². The number of thiazole rings is 1. The van der Waals surface area contributed by atoms with Crippen LogP contribution < -0.4 is 25.2 Å². The average molecular weight is 1210 g/mol. The fraction of sp³-hybridized carbons (Fsp3) is 0.444. The number of nitrogens with one attached hydrogen (secondary N) is 2. The van der Waals surface area contributed by atoms with E-state index >= 15 is 13.2 Å². The largest absolute Gasteiger partial charge is 0.493 e. The minimum absolute atomic E-state index is 0.000439. The molecule has 18 nitrogen and oxygen atoms in total. The molecular weight excluding hydrogens is 1140 g/mol. The summed E-state index contributed by atoms with van der Waals surface area (Å²) in [6.45, 7) is 14.5. The number of alkyl halides is 3. The minimum Gasteiger partial charge on any atom is -0.493 e. The van der Waals surface area contributed by atoms with Gasteiger partial charge in [0.2, 0.25) is 17.7 Å². The molecule has 452 valence electrons. The number of fused-ring (bicyclic) bond motifs is 3. The number of piperidine rings is 2. The van der Waals surface area contributed by atoms with Crippen LogP contribution in [0.4, 0.5) is 29.8 Å². The number of imide groups is 1. The lowest BCUT2D eigenvalue weighted by Crippen LogP contribution is -2.49. The van der Waals surface area contributed by atoms with Crippen LogP contribution in [0.25, 0.3) is 32.2 Å². The molecule has 1 saturated carbocycles. The predicted molar refractivity (Wildman–Crippen MR) is 325 cm³/mol. The first-order chi connectivity index (χ1) is 40.9. The van der Waals surface area contributed by atoms with E-state index in [1.165, 1.54) is 40.5 Å². The van der Waals surface area contributed by atoms with Gasteiger partial charge in [0.15, 0.2) is 10.8 Å². The van der Waals surface area contributed by atoms with Crippen molar-refractivity contribution in [2.24, 2.45) is 18.4 Å². The Bertz CT molecular complexity index is 3730. The van der Waals surface area contributed by atoms with Crippen molar-refractivity contribution in [3.05, 3.63) is 119 Å². The van der Waals surface area contributed by atoms with Crippen LogP contribution in [0.2, 0.25) is 25.7 Å². The summed E-state index contributed by atoms with van der Waals surface area (Å²) in [6.07, 6.45) is 1.04. The number of para-hydroxylation sites is 1. The molecule has 1 unspecified atom stereocenters. The number of ether oxygens (including phenoxy) is 3.